The zero-order valence-corrected chi connectivity index (χ0v) is 14.3. The van der Waals surface area contributed by atoms with Crippen molar-refractivity contribution < 1.29 is 5.11 Å². The molecule has 0 spiro atoms. The fraction of sp³-hybridized carbons (Fsp3) is 0.562. The number of nitrogens with two attached hydrogens (primary N) is 1. The molecule has 3 N–H and O–H groups in total. The van der Waals surface area contributed by atoms with Gasteiger partial charge in [-0.15, -0.1) is 0 Å². The summed E-state index contributed by atoms with van der Waals surface area (Å²) in [5, 5.41) is 15.8. The van der Waals surface area contributed by atoms with Crippen molar-refractivity contribution >= 4 is 12.2 Å². The van der Waals surface area contributed by atoms with Crippen molar-refractivity contribution in [2.45, 2.75) is 52.7 Å². The first-order chi connectivity index (χ1) is 10.8. The van der Waals surface area contributed by atoms with Crippen molar-refractivity contribution in [3.63, 3.8) is 0 Å². The molecule has 1 aromatic rings. The molecule has 2 rings (SSSR count). The van der Waals surface area contributed by atoms with Gasteiger partial charge in [0.25, 0.3) is 0 Å². The van der Waals surface area contributed by atoms with Crippen molar-refractivity contribution in [3.05, 3.63) is 29.5 Å². The molecule has 0 bridgehead atoms. The van der Waals surface area contributed by atoms with E-state index in [9.17, 15) is 5.11 Å². The van der Waals surface area contributed by atoms with Gasteiger partial charge in [0.1, 0.15) is 17.8 Å². The molecule has 1 aliphatic heterocycles. The summed E-state index contributed by atoms with van der Waals surface area (Å²) in [5.41, 5.74) is 6.97. The van der Waals surface area contributed by atoms with E-state index in [0.29, 0.717) is 13.1 Å². The van der Waals surface area contributed by atoms with E-state index in [0.717, 1.165) is 24.4 Å². The number of allylic oxidation sites excluding steroid dienone is 1. The number of hydrogen-bond donors (Lipinski definition) is 2. The predicted molar refractivity (Wildman–Crippen MR) is 92.0 cm³/mol. The molecule has 0 saturated carbocycles. The minimum Gasteiger partial charge on any atom is -0.383 e. The molecule has 0 fully saturated rings. The SMILES string of the molecule is CCCC1=C(Cn2ccnc2C)N=CN(/N=C(\N)C(C)(C)O)C1. The summed E-state index contributed by atoms with van der Waals surface area (Å²) in [5.74, 6) is 1.14. The van der Waals surface area contributed by atoms with Gasteiger partial charge in [-0.3, -0.25) is 0 Å². The summed E-state index contributed by atoms with van der Waals surface area (Å²) < 4.78 is 2.08. The third-order valence-electron chi connectivity index (χ3n) is 3.77. The highest BCUT2D eigenvalue weighted by Crippen LogP contribution is 2.20. The summed E-state index contributed by atoms with van der Waals surface area (Å²) in [4.78, 5) is 8.80. The molecule has 2 heterocycles. The zero-order valence-electron chi connectivity index (χ0n) is 14.3. The van der Waals surface area contributed by atoms with Crippen molar-refractivity contribution in [1.82, 2.24) is 14.6 Å². The van der Waals surface area contributed by atoms with Gasteiger partial charge in [0.2, 0.25) is 0 Å². The van der Waals surface area contributed by atoms with Gasteiger partial charge in [-0.25, -0.2) is 15.0 Å². The predicted octanol–water partition coefficient (Wildman–Crippen LogP) is 1.63. The van der Waals surface area contributed by atoms with Crippen LogP contribution < -0.4 is 5.73 Å². The Morgan fingerprint density at radius 3 is 2.78 bits per heavy atom. The lowest BCUT2D eigenvalue weighted by molar-refractivity contribution is 0.150. The summed E-state index contributed by atoms with van der Waals surface area (Å²) in [6, 6.07) is 0. The molecular formula is C16H26N6O. The number of amidine groups is 1. The summed E-state index contributed by atoms with van der Waals surface area (Å²) in [6.45, 7) is 8.69. The first-order valence-electron chi connectivity index (χ1n) is 7.87. The van der Waals surface area contributed by atoms with Crippen molar-refractivity contribution in [3.8, 4) is 0 Å². The minimum absolute atomic E-state index is 0.175. The van der Waals surface area contributed by atoms with Crippen LogP contribution in [-0.4, -0.2) is 44.0 Å². The third-order valence-corrected chi connectivity index (χ3v) is 3.77. The summed E-state index contributed by atoms with van der Waals surface area (Å²) in [7, 11) is 0. The van der Waals surface area contributed by atoms with E-state index in [4.69, 9.17) is 5.73 Å². The van der Waals surface area contributed by atoms with E-state index >= 15 is 0 Å². The first kappa shape index (κ1) is 17.2. The molecule has 7 nitrogen and oxygen atoms in total. The van der Waals surface area contributed by atoms with Crippen LogP contribution in [0.1, 0.15) is 39.4 Å². The second-order valence-electron chi connectivity index (χ2n) is 6.29. The minimum atomic E-state index is -1.14. The lowest BCUT2D eigenvalue weighted by atomic mass is 10.1. The summed E-state index contributed by atoms with van der Waals surface area (Å²) >= 11 is 0. The molecule has 0 aromatic carbocycles. The quantitative estimate of drug-likeness (QED) is 0.616. The highest BCUT2D eigenvalue weighted by atomic mass is 16.3. The number of aromatic nitrogens is 2. The number of hydrogen-bond acceptors (Lipinski definition) is 5. The number of aliphatic hydroxyl groups is 1. The normalized spacial score (nSPS) is 16.4. The Morgan fingerprint density at radius 1 is 1.48 bits per heavy atom. The maximum Gasteiger partial charge on any atom is 0.151 e. The Balaban J connectivity index is 2.18. The second kappa shape index (κ2) is 6.95. The van der Waals surface area contributed by atoms with E-state index in [-0.39, 0.29) is 5.84 Å². The van der Waals surface area contributed by atoms with Crippen LogP contribution in [0.5, 0.6) is 0 Å². The van der Waals surface area contributed by atoms with Gasteiger partial charge < -0.3 is 15.4 Å². The summed E-state index contributed by atoms with van der Waals surface area (Å²) in [6.07, 6.45) is 7.41. The Labute approximate surface area is 137 Å². The van der Waals surface area contributed by atoms with Crippen LogP contribution in [0.15, 0.2) is 33.8 Å². The average Bonchev–Trinajstić information content (AvgIpc) is 2.86. The number of rotatable bonds is 6. The van der Waals surface area contributed by atoms with Gasteiger partial charge >= 0.3 is 0 Å². The van der Waals surface area contributed by atoms with Crippen molar-refractivity contribution in [1.29, 1.82) is 0 Å². The molecule has 0 radical (unpaired) electrons. The topological polar surface area (TPSA) is 92.0 Å². The standard InChI is InChI=1S/C16H26N6O/c1-5-6-13-9-22(20-15(17)16(3,4)23)11-19-14(13)10-21-8-7-18-12(21)2/h7-8,11,23H,5-6,9-10H2,1-4H3,(H2,17,20). The highest BCUT2D eigenvalue weighted by molar-refractivity contribution is 5.88. The molecule has 1 aromatic heterocycles. The first-order valence-corrected chi connectivity index (χ1v) is 7.87. The number of imidazole rings is 1. The second-order valence-corrected chi connectivity index (χ2v) is 6.29. The van der Waals surface area contributed by atoms with E-state index < -0.39 is 5.60 Å². The van der Waals surface area contributed by atoms with Gasteiger partial charge in [0.15, 0.2) is 5.84 Å². The van der Waals surface area contributed by atoms with Gasteiger partial charge in [0.05, 0.1) is 18.8 Å². The van der Waals surface area contributed by atoms with Crippen molar-refractivity contribution in [2.24, 2.45) is 15.8 Å². The molecule has 0 unspecified atom stereocenters. The van der Waals surface area contributed by atoms with E-state index in [2.05, 4.69) is 26.6 Å². The number of aryl methyl sites for hydroxylation is 1. The number of aliphatic imine (C=N–C) groups is 1. The largest absolute Gasteiger partial charge is 0.383 e. The molecule has 0 aliphatic carbocycles. The Kier molecular flexibility index (Phi) is 5.20. The van der Waals surface area contributed by atoms with Gasteiger partial charge in [-0.2, -0.15) is 5.10 Å². The van der Waals surface area contributed by atoms with Crippen molar-refractivity contribution in [2.75, 3.05) is 6.54 Å². The van der Waals surface area contributed by atoms with Gasteiger partial charge in [-0.1, -0.05) is 13.3 Å². The van der Waals surface area contributed by atoms with Gasteiger partial charge in [-0.05, 0) is 32.8 Å². The Hall–Kier alpha value is -2.15. The Morgan fingerprint density at radius 2 is 2.22 bits per heavy atom. The van der Waals surface area contributed by atoms with E-state index in [1.807, 2.05) is 13.1 Å². The molecule has 0 amide bonds. The van der Waals surface area contributed by atoms with Crippen LogP contribution in [0.2, 0.25) is 0 Å². The van der Waals surface area contributed by atoms with Crippen LogP contribution in [0.25, 0.3) is 0 Å². The lowest BCUT2D eigenvalue weighted by Gasteiger charge is -2.25. The lowest BCUT2D eigenvalue weighted by Crippen LogP contribution is -2.40. The number of hydrazone groups is 1. The highest BCUT2D eigenvalue weighted by Gasteiger charge is 2.21. The average molecular weight is 318 g/mol. The van der Waals surface area contributed by atoms with E-state index in [1.165, 1.54) is 5.57 Å². The molecule has 126 valence electrons. The fourth-order valence-corrected chi connectivity index (χ4v) is 2.29. The molecule has 7 heteroatoms. The molecular weight excluding hydrogens is 292 g/mol. The maximum atomic E-state index is 9.89. The fourth-order valence-electron chi connectivity index (χ4n) is 2.29. The van der Waals surface area contributed by atoms with Gasteiger partial charge in [0, 0.05) is 12.4 Å². The third kappa shape index (κ3) is 4.41. The van der Waals surface area contributed by atoms with Crippen LogP contribution in [0.4, 0.5) is 0 Å². The zero-order chi connectivity index (χ0) is 17.0. The molecule has 23 heavy (non-hydrogen) atoms. The number of nitrogens with zero attached hydrogens (tertiary/aromatic N) is 5. The molecule has 0 atom stereocenters. The van der Waals surface area contributed by atoms with Crippen LogP contribution in [-0.2, 0) is 6.54 Å². The molecule has 1 aliphatic rings. The van der Waals surface area contributed by atoms with Crippen LogP contribution >= 0.6 is 0 Å². The maximum absolute atomic E-state index is 9.89. The van der Waals surface area contributed by atoms with E-state index in [1.54, 1.807) is 31.4 Å². The molecule has 0 saturated heterocycles. The van der Waals surface area contributed by atoms with Crippen LogP contribution in [0.3, 0.4) is 0 Å². The Bertz CT molecular complexity index is 635. The smallest absolute Gasteiger partial charge is 0.151 e. The monoisotopic (exact) mass is 318 g/mol. The van der Waals surface area contributed by atoms with Crippen LogP contribution in [0, 0.1) is 6.92 Å².